The number of aliphatic carboxylic acids is 1. The summed E-state index contributed by atoms with van der Waals surface area (Å²) in [5.74, 6) is -0.908. The topological polar surface area (TPSA) is 55.8 Å². The fourth-order valence-electron chi connectivity index (χ4n) is 2.56. The molecule has 132 valence electrons. The predicted octanol–water partition coefficient (Wildman–Crippen LogP) is 4.54. The minimum Gasteiger partial charge on any atom is -0.497 e. The molecule has 0 aliphatic carbocycles. The van der Waals surface area contributed by atoms with E-state index in [0.717, 1.165) is 0 Å². The second-order valence-electron chi connectivity index (χ2n) is 5.68. The van der Waals surface area contributed by atoms with Gasteiger partial charge in [0, 0.05) is 11.5 Å². The van der Waals surface area contributed by atoms with Gasteiger partial charge in [-0.3, -0.25) is 4.79 Å². The Kier molecular flexibility index (Phi) is 6.17. The SMILES string of the molecule is COc1ccc(C(=C(F)C(C)CC(=O)O)c2ccc(OC)cc2)cc1. The van der Waals surface area contributed by atoms with E-state index in [9.17, 15) is 4.79 Å². The van der Waals surface area contributed by atoms with Gasteiger partial charge >= 0.3 is 5.97 Å². The molecule has 0 spiro atoms. The van der Waals surface area contributed by atoms with Crippen LogP contribution in [0.5, 0.6) is 11.5 Å². The summed E-state index contributed by atoms with van der Waals surface area (Å²) >= 11 is 0. The van der Waals surface area contributed by atoms with Gasteiger partial charge in [0.2, 0.25) is 0 Å². The van der Waals surface area contributed by atoms with Gasteiger partial charge in [0.15, 0.2) is 0 Å². The van der Waals surface area contributed by atoms with Crippen LogP contribution >= 0.6 is 0 Å². The van der Waals surface area contributed by atoms with E-state index in [-0.39, 0.29) is 6.42 Å². The molecule has 0 aliphatic rings. The Balaban J connectivity index is 2.54. The quantitative estimate of drug-likeness (QED) is 0.801. The summed E-state index contributed by atoms with van der Waals surface area (Å²) in [7, 11) is 3.12. The summed E-state index contributed by atoms with van der Waals surface area (Å²) in [5.41, 5.74) is 1.68. The van der Waals surface area contributed by atoms with Crippen LogP contribution in [0, 0.1) is 5.92 Å². The van der Waals surface area contributed by atoms with Crippen LogP contribution in [0.15, 0.2) is 54.4 Å². The van der Waals surface area contributed by atoms with Gasteiger partial charge in [0.1, 0.15) is 17.3 Å². The molecule has 1 unspecified atom stereocenters. The Hall–Kier alpha value is -2.82. The summed E-state index contributed by atoms with van der Waals surface area (Å²) in [6, 6.07) is 14.0. The molecule has 5 heteroatoms. The van der Waals surface area contributed by atoms with Gasteiger partial charge in [0.05, 0.1) is 20.6 Å². The zero-order valence-electron chi connectivity index (χ0n) is 14.5. The number of rotatable bonds is 7. The van der Waals surface area contributed by atoms with E-state index in [0.29, 0.717) is 28.2 Å². The third-order valence-corrected chi connectivity index (χ3v) is 3.91. The van der Waals surface area contributed by atoms with Crippen molar-refractivity contribution in [3.63, 3.8) is 0 Å². The number of carboxylic acid groups (broad SMARTS) is 1. The average molecular weight is 344 g/mol. The molecule has 2 aromatic carbocycles. The van der Waals surface area contributed by atoms with E-state index < -0.39 is 17.7 Å². The van der Waals surface area contributed by atoms with Crippen molar-refractivity contribution in [1.29, 1.82) is 0 Å². The van der Waals surface area contributed by atoms with Crippen LogP contribution < -0.4 is 9.47 Å². The molecule has 0 saturated carbocycles. The Labute approximate surface area is 146 Å². The second kappa shape index (κ2) is 8.33. The fourth-order valence-corrected chi connectivity index (χ4v) is 2.56. The summed E-state index contributed by atoms with van der Waals surface area (Å²) < 4.78 is 25.4. The lowest BCUT2D eigenvalue weighted by atomic mass is 9.92. The van der Waals surface area contributed by atoms with E-state index in [1.807, 2.05) is 0 Å². The molecule has 0 amide bonds. The van der Waals surface area contributed by atoms with Gasteiger partial charge < -0.3 is 14.6 Å². The van der Waals surface area contributed by atoms with Crippen LogP contribution in [-0.4, -0.2) is 25.3 Å². The Morgan fingerprint density at radius 1 is 0.960 bits per heavy atom. The van der Waals surface area contributed by atoms with Crippen LogP contribution in [-0.2, 0) is 4.79 Å². The second-order valence-corrected chi connectivity index (χ2v) is 5.68. The van der Waals surface area contributed by atoms with Crippen molar-refractivity contribution >= 4 is 11.5 Å². The molecule has 0 fully saturated rings. The highest BCUT2D eigenvalue weighted by Gasteiger charge is 2.20. The van der Waals surface area contributed by atoms with Crippen molar-refractivity contribution < 1.29 is 23.8 Å². The first-order valence-electron chi connectivity index (χ1n) is 7.86. The lowest BCUT2D eigenvalue weighted by Crippen LogP contribution is -2.07. The highest BCUT2D eigenvalue weighted by Crippen LogP contribution is 2.34. The monoisotopic (exact) mass is 344 g/mol. The average Bonchev–Trinajstić information content (AvgIpc) is 2.62. The highest BCUT2D eigenvalue weighted by atomic mass is 19.1. The number of allylic oxidation sites excluding steroid dienone is 1. The molecule has 2 rings (SSSR count). The van der Waals surface area contributed by atoms with Gasteiger partial charge in [-0.2, -0.15) is 0 Å². The number of ether oxygens (including phenoxy) is 2. The molecule has 0 saturated heterocycles. The van der Waals surface area contributed by atoms with Crippen molar-refractivity contribution in [3.8, 4) is 11.5 Å². The Morgan fingerprint density at radius 3 is 1.68 bits per heavy atom. The molecule has 0 heterocycles. The number of carboxylic acids is 1. The van der Waals surface area contributed by atoms with Crippen molar-refractivity contribution in [1.82, 2.24) is 0 Å². The van der Waals surface area contributed by atoms with Gasteiger partial charge in [-0.1, -0.05) is 31.2 Å². The smallest absolute Gasteiger partial charge is 0.304 e. The maximum absolute atomic E-state index is 15.1. The van der Waals surface area contributed by atoms with Crippen LogP contribution in [0.2, 0.25) is 0 Å². The number of hydrogen-bond acceptors (Lipinski definition) is 3. The molecule has 1 atom stereocenters. The molecule has 2 aromatic rings. The van der Waals surface area contributed by atoms with E-state index in [4.69, 9.17) is 14.6 Å². The normalized spacial score (nSPS) is 11.5. The van der Waals surface area contributed by atoms with Gasteiger partial charge in [-0.05, 0) is 35.4 Å². The minimum atomic E-state index is -1.04. The first-order valence-corrected chi connectivity index (χ1v) is 7.86. The Bertz CT molecular complexity index is 699. The zero-order valence-corrected chi connectivity index (χ0v) is 14.5. The van der Waals surface area contributed by atoms with Crippen LogP contribution in [0.1, 0.15) is 24.5 Å². The van der Waals surface area contributed by atoms with E-state index in [1.54, 1.807) is 69.7 Å². The largest absolute Gasteiger partial charge is 0.497 e. The summed E-state index contributed by atoms with van der Waals surface area (Å²) in [6.45, 7) is 1.57. The first-order chi connectivity index (χ1) is 12.0. The highest BCUT2D eigenvalue weighted by molar-refractivity contribution is 5.82. The van der Waals surface area contributed by atoms with E-state index in [1.165, 1.54) is 0 Å². The standard InChI is InChI=1S/C20H21FO4/c1-13(12-18(22)23)20(21)19(14-4-8-16(24-2)9-5-14)15-6-10-17(25-3)11-7-15/h4-11,13H,12H2,1-3H3,(H,22,23). The molecule has 4 nitrogen and oxygen atoms in total. The molecule has 0 bridgehead atoms. The van der Waals surface area contributed by atoms with Crippen LogP contribution in [0.25, 0.3) is 5.57 Å². The zero-order chi connectivity index (χ0) is 18.4. The van der Waals surface area contributed by atoms with Gasteiger partial charge in [-0.15, -0.1) is 0 Å². The van der Waals surface area contributed by atoms with Gasteiger partial charge in [-0.25, -0.2) is 4.39 Å². The third kappa shape index (κ3) is 4.59. The maximum atomic E-state index is 15.1. The van der Waals surface area contributed by atoms with E-state index in [2.05, 4.69) is 0 Å². The van der Waals surface area contributed by atoms with Crippen molar-refractivity contribution in [2.45, 2.75) is 13.3 Å². The van der Waals surface area contributed by atoms with Crippen molar-refractivity contribution in [2.24, 2.45) is 5.92 Å². The van der Waals surface area contributed by atoms with Crippen LogP contribution in [0.3, 0.4) is 0 Å². The fraction of sp³-hybridized carbons (Fsp3) is 0.250. The predicted molar refractivity (Wildman–Crippen MR) is 94.5 cm³/mol. The maximum Gasteiger partial charge on any atom is 0.304 e. The summed E-state index contributed by atoms with van der Waals surface area (Å²) in [5, 5.41) is 8.97. The van der Waals surface area contributed by atoms with E-state index >= 15 is 4.39 Å². The van der Waals surface area contributed by atoms with Crippen LogP contribution in [0.4, 0.5) is 4.39 Å². The molecule has 1 N–H and O–H groups in total. The Morgan fingerprint density at radius 2 is 1.36 bits per heavy atom. The van der Waals surface area contributed by atoms with Crippen molar-refractivity contribution in [2.75, 3.05) is 14.2 Å². The molecule has 0 aromatic heterocycles. The lowest BCUT2D eigenvalue weighted by Gasteiger charge is -2.15. The number of hydrogen-bond donors (Lipinski definition) is 1. The minimum absolute atomic E-state index is 0.276. The molecule has 0 radical (unpaired) electrons. The number of carbonyl (C=O) groups is 1. The molecule has 25 heavy (non-hydrogen) atoms. The molecule has 0 aliphatic heterocycles. The number of benzene rings is 2. The molecular weight excluding hydrogens is 323 g/mol. The summed E-state index contributed by atoms with van der Waals surface area (Å²) in [6.07, 6.45) is -0.276. The molecular formula is C20H21FO4. The van der Waals surface area contributed by atoms with Gasteiger partial charge in [0.25, 0.3) is 0 Å². The lowest BCUT2D eigenvalue weighted by molar-refractivity contribution is -0.137. The first kappa shape index (κ1) is 18.5. The number of methoxy groups -OCH3 is 2. The third-order valence-electron chi connectivity index (χ3n) is 3.91. The summed E-state index contributed by atoms with van der Waals surface area (Å²) in [4.78, 5) is 11.0. The number of halogens is 1. The van der Waals surface area contributed by atoms with Crippen molar-refractivity contribution in [3.05, 3.63) is 65.5 Å².